The zero-order valence-corrected chi connectivity index (χ0v) is 9.66. The van der Waals surface area contributed by atoms with Crippen molar-refractivity contribution in [2.45, 2.75) is 13.3 Å². The Balaban J connectivity index is 2.44. The summed E-state index contributed by atoms with van der Waals surface area (Å²) in [5.74, 6) is 1.09. The van der Waals surface area contributed by atoms with Gasteiger partial charge in [-0.15, -0.1) is 0 Å². The number of carbonyl (C=O) groups is 1. The van der Waals surface area contributed by atoms with Crippen molar-refractivity contribution in [3.8, 4) is 11.5 Å². The van der Waals surface area contributed by atoms with Gasteiger partial charge in [0.25, 0.3) is 5.91 Å². The van der Waals surface area contributed by atoms with Crippen molar-refractivity contribution < 1.29 is 14.3 Å². The SMILES string of the molecule is CCCNC(=O)COc1ccccc1OC. The zero-order valence-electron chi connectivity index (χ0n) is 9.66. The number of nitrogens with one attached hydrogen (secondary N) is 1. The minimum absolute atomic E-state index is 0.0143. The third kappa shape index (κ3) is 3.81. The van der Waals surface area contributed by atoms with Crippen LogP contribution in [-0.4, -0.2) is 26.2 Å². The third-order valence-corrected chi connectivity index (χ3v) is 2.00. The molecule has 1 N–H and O–H groups in total. The van der Waals surface area contributed by atoms with Crippen molar-refractivity contribution in [3.63, 3.8) is 0 Å². The van der Waals surface area contributed by atoms with Gasteiger partial charge in [0, 0.05) is 6.54 Å². The highest BCUT2D eigenvalue weighted by molar-refractivity contribution is 5.77. The summed E-state index contributed by atoms with van der Waals surface area (Å²) in [5.41, 5.74) is 0. The minimum atomic E-state index is -0.118. The number of carbonyl (C=O) groups excluding carboxylic acids is 1. The molecule has 1 aromatic rings. The van der Waals surface area contributed by atoms with Gasteiger partial charge in [-0.1, -0.05) is 19.1 Å². The molecule has 0 saturated heterocycles. The lowest BCUT2D eigenvalue weighted by atomic mass is 10.3. The van der Waals surface area contributed by atoms with Crippen LogP contribution in [0.3, 0.4) is 0 Å². The molecule has 0 radical (unpaired) electrons. The second-order valence-corrected chi connectivity index (χ2v) is 3.29. The summed E-state index contributed by atoms with van der Waals surface area (Å²) in [6.07, 6.45) is 0.917. The van der Waals surface area contributed by atoms with Crippen LogP contribution < -0.4 is 14.8 Å². The molecular formula is C12H17NO3. The number of rotatable bonds is 6. The summed E-state index contributed by atoms with van der Waals surface area (Å²) in [7, 11) is 1.57. The Hall–Kier alpha value is -1.71. The largest absolute Gasteiger partial charge is 0.493 e. The third-order valence-electron chi connectivity index (χ3n) is 2.00. The number of ether oxygens (including phenoxy) is 2. The highest BCUT2D eigenvalue weighted by atomic mass is 16.5. The van der Waals surface area contributed by atoms with Crippen LogP contribution in [-0.2, 0) is 4.79 Å². The second-order valence-electron chi connectivity index (χ2n) is 3.29. The molecule has 0 aliphatic heterocycles. The summed E-state index contributed by atoms with van der Waals surface area (Å²) in [5, 5.41) is 2.74. The molecule has 0 unspecified atom stereocenters. The number of hydrogen-bond donors (Lipinski definition) is 1. The molecule has 4 nitrogen and oxygen atoms in total. The first-order valence-electron chi connectivity index (χ1n) is 5.30. The van der Waals surface area contributed by atoms with E-state index in [1.54, 1.807) is 19.2 Å². The van der Waals surface area contributed by atoms with Gasteiger partial charge >= 0.3 is 0 Å². The molecule has 1 amide bonds. The van der Waals surface area contributed by atoms with Gasteiger partial charge in [-0.2, -0.15) is 0 Å². The van der Waals surface area contributed by atoms with Crippen molar-refractivity contribution in [3.05, 3.63) is 24.3 Å². The molecule has 0 heterocycles. The normalized spacial score (nSPS) is 9.62. The van der Waals surface area contributed by atoms with Gasteiger partial charge in [-0.25, -0.2) is 0 Å². The maximum Gasteiger partial charge on any atom is 0.257 e. The Labute approximate surface area is 95.6 Å². The highest BCUT2D eigenvalue weighted by Gasteiger charge is 2.05. The molecule has 0 bridgehead atoms. The predicted octanol–water partition coefficient (Wildman–Crippen LogP) is 1.60. The van der Waals surface area contributed by atoms with E-state index in [1.165, 1.54) is 0 Å². The van der Waals surface area contributed by atoms with Gasteiger partial charge in [0.05, 0.1) is 7.11 Å². The average Bonchev–Trinajstić information content (AvgIpc) is 2.34. The first-order valence-corrected chi connectivity index (χ1v) is 5.30. The molecule has 0 atom stereocenters. The van der Waals surface area contributed by atoms with Gasteiger partial charge in [0.1, 0.15) is 0 Å². The van der Waals surface area contributed by atoms with Gasteiger partial charge in [-0.3, -0.25) is 4.79 Å². The maximum absolute atomic E-state index is 11.3. The van der Waals surface area contributed by atoms with Crippen LogP contribution >= 0.6 is 0 Å². The average molecular weight is 223 g/mol. The number of amides is 1. The van der Waals surface area contributed by atoms with Crippen molar-refractivity contribution in [2.75, 3.05) is 20.3 Å². The smallest absolute Gasteiger partial charge is 0.257 e. The monoisotopic (exact) mass is 223 g/mol. The van der Waals surface area contributed by atoms with E-state index in [-0.39, 0.29) is 12.5 Å². The topological polar surface area (TPSA) is 47.6 Å². The molecule has 0 aromatic heterocycles. The Morgan fingerprint density at radius 3 is 2.62 bits per heavy atom. The summed E-state index contributed by atoms with van der Waals surface area (Å²) in [6.45, 7) is 2.69. The molecular weight excluding hydrogens is 206 g/mol. The molecule has 1 aromatic carbocycles. The number of hydrogen-bond acceptors (Lipinski definition) is 3. The fourth-order valence-corrected chi connectivity index (χ4v) is 1.20. The molecule has 0 spiro atoms. The lowest BCUT2D eigenvalue weighted by Crippen LogP contribution is -2.29. The fourth-order valence-electron chi connectivity index (χ4n) is 1.20. The Kier molecular flexibility index (Phi) is 5.19. The van der Waals surface area contributed by atoms with E-state index in [9.17, 15) is 4.79 Å². The van der Waals surface area contributed by atoms with E-state index < -0.39 is 0 Å². The van der Waals surface area contributed by atoms with Crippen molar-refractivity contribution >= 4 is 5.91 Å². The van der Waals surface area contributed by atoms with E-state index >= 15 is 0 Å². The minimum Gasteiger partial charge on any atom is -0.493 e. The first kappa shape index (κ1) is 12.4. The number of para-hydroxylation sites is 2. The quantitative estimate of drug-likeness (QED) is 0.796. The van der Waals surface area contributed by atoms with E-state index in [1.807, 2.05) is 19.1 Å². The molecule has 4 heteroatoms. The van der Waals surface area contributed by atoms with Crippen LogP contribution in [0.1, 0.15) is 13.3 Å². The van der Waals surface area contributed by atoms with E-state index in [4.69, 9.17) is 9.47 Å². The number of benzene rings is 1. The van der Waals surface area contributed by atoms with Crippen LogP contribution in [0.25, 0.3) is 0 Å². The Morgan fingerprint density at radius 1 is 1.31 bits per heavy atom. The summed E-state index contributed by atoms with van der Waals surface area (Å²) in [4.78, 5) is 11.3. The predicted molar refractivity (Wildman–Crippen MR) is 61.8 cm³/mol. The molecule has 0 fully saturated rings. The van der Waals surface area contributed by atoms with Crippen LogP contribution in [0.2, 0.25) is 0 Å². The first-order chi connectivity index (χ1) is 7.77. The molecule has 0 saturated carbocycles. The van der Waals surface area contributed by atoms with Gasteiger partial charge in [-0.05, 0) is 18.6 Å². The summed E-state index contributed by atoms with van der Waals surface area (Å²) < 4.78 is 10.5. The van der Waals surface area contributed by atoms with E-state index in [0.717, 1.165) is 6.42 Å². The van der Waals surface area contributed by atoms with Crippen molar-refractivity contribution in [1.82, 2.24) is 5.32 Å². The lowest BCUT2D eigenvalue weighted by Gasteiger charge is -2.09. The number of methoxy groups -OCH3 is 1. The second kappa shape index (κ2) is 6.71. The Morgan fingerprint density at radius 2 is 2.00 bits per heavy atom. The summed E-state index contributed by atoms with van der Waals surface area (Å²) in [6, 6.07) is 7.25. The van der Waals surface area contributed by atoms with E-state index in [2.05, 4.69) is 5.32 Å². The van der Waals surface area contributed by atoms with Gasteiger partial charge < -0.3 is 14.8 Å². The maximum atomic E-state index is 11.3. The molecule has 16 heavy (non-hydrogen) atoms. The van der Waals surface area contributed by atoms with Crippen LogP contribution in [0.5, 0.6) is 11.5 Å². The van der Waals surface area contributed by atoms with Gasteiger partial charge in [0.2, 0.25) is 0 Å². The van der Waals surface area contributed by atoms with E-state index in [0.29, 0.717) is 18.0 Å². The van der Waals surface area contributed by atoms with Crippen molar-refractivity contribution in [2.24, 2.45) is 0 Å². The molecule has 0 aliphatic rings. The fraction of sp³-hybridized carbons (Fsp3) is 0.417. The van der Waals surface area contributed by atoms with Crippen LogP contribution in [0.15, 0.2) is 24.3 Å². The summed E-state index contributed by atoms with van der Waals surface area (Å²) >= 11 is 0. The molecule has 88 valence electrons. The van der Waals surface area contributed by atoms with Crippen LogP contribution in [0, 0.1) is 0 Å². The van der Waals surface area contributed by atoms with Crippen LogP contribution in [0.4, 0.5) is 0 Å². The standard InChI is InChI=1S/C12H17NO3/c1-3-8-13-12(14)9-16-11-7-5-4-6-10(11)15-2/h4-7H,3,8-9H2,1-2H3,(H,13,14). The molecule has 0 aliphatic carbocycles. The lowest BCUT2D eigenvalue weighted by molar-refractivity contribution is -0.123. The Bertz CT molecular complexity index is 339. The van der Waals surface area contributed by atoms with Crippen molar-refractivity contribution in [1.29, 1.82) is 0 Å². The molecule has 1 rings (SSSR count). The highest BCUT2D eigenvalue weighted by Crippen LogP contribution is 2.25. The zero-order chi connectivity index (χ0) is 11.8. The van der Waals surface area contributed by atoms with Gasteiger partial charge in [0.15, 0.2) is 18.1 Å².